The lowest BCUT2D eigenvalue weighted by Crippen LogP contribution is -2.48. The van der Waals surface area contributed by atoms with Crippen LogP contribution in [0, 0.1) is 11.3 Å². The molecule has 1 aliphatic rings. The van der Waals surface area contributed by atoms with Crippen LogP contribution in [0.4, 0.5) is 5.69 Å². The summed E-state index contributed by atoms with van der Waals surface area (Å²) >= 11 is 0. The van der Waals surface area contributed by atoms with E-state index in [0.29, 0.717) is 38.3 Å². The lowest BCUT2D eigenvalue weighted by atomic mass is 10.2. The van der Waals surface area contributed by atoms with E-state index in [9.17, 15) is 8.42 Å². The molecule has 0 aromatic heterocycles. The predicted octanol–water partition coefficient (Wildman–Crippen LogP) is 2.47. The molecule has 0 saturated carbocycles. The van der Waals surface area contributed by atoms with Gasteiger partial charge in [0.25, 0.3) is 0 Å². The molecule has 0 radical (unpaired) electrons. The normalized spacial score (nSPS) is 15.5. The predicted molar refractivity (Wildman–Crippen MR) is 99.7 cm³/mol. The summed E-state index contributed by atoms with van der Waals surface area (Å²) in [4.78, 5) is 2.33. The zero-order chi connectivity index (χ0) is 18.6. The Kier molecular flexibility index (Phi) is 5.45. The fourth-order valence-corrected chi connectivity index (χ4v) is 4.45. The molecule has 1 saturated heterocycles. The van der Waals surface area contributed by atoms with Crippen LogP contribution in [0.5, 0.6) is 5.75 Å². The molecule has 1 aliphatic heterocycles. The van der Waals surface area contributed by atoms with Gasteiger partial charge in [0.1, 0.15) is 5.75 Å². The summed E-state index contributed by atoms with van der Waals surface area (Å²) in [6.07, 6.45) is 0. The highest BCUT2D eigenvalue weighted by Crippen LogP contribution is 2.23. The van der Waals surface area contributed by atoms with E-state index in [0.717, 1.165) is 11.4 Å². The lowest BCUT2D eigenvalue weighted by Gasteiger charge is -2.35. The Bertz CT molecular complexity index is 896. The monoisotopic (exact) mass is 371 g/mol. The Hall–Kier alpha value is -2.56. The van der Waals surface area contributed by atoms with E-state index >= 15 is 0 Å². The van der Waals surface area contributed by atoms with Crippen LogP contribution in [0.1, 0.15) is 12.5 Å². The summed E-state index contributed by atoms with van der Waals surface area (Å²) in [6.45, 7) is 4.62. The fraction of sp³-hybridized carbons (Fsp3) is 0.316. The van der Waals surface area contributed by atoms with Crippen molar-refractivity contribution in [3.8, 4) is 11.8 Å². The van der Waals surface area contributed by atoms with Gasteiger partial charge < -0.3 is 9.64 Å². The van der Waals surface area contributed by atoms with Crippen LogP contribution in [-0.4, -0.2) is 45.5 Å². The Morgan fingerprint density at radius 1 is 1.08 bits per heavy atom. The number of ether oxygens (including phenoxy) is 1. The summed E-state index contributed by atoms with van der Waals surface area (Å²) < 4.78 is 32.5. The Balaban J connectivity index is 1.68. The number of hydrogen-bond acceptors (Lipinski definition) is 5. The van der Waals surface area contributed by atoms with E-state index < -0.39 is 10.0 Å². The van der Waals surface area contributed by atoms with Gasteiger partial charge >= 0.3 is 0 Å². The summed E-state index contributed by atoms with van der Waals surface area (Å²) in [6, 6.07) is 16.0. The molecule has 6 nitrogen and oxygen atoms in total. The van der Waals surface area contributed by atoms with E-state index in [1.807, 2.05) is 37.3 Å². The molecule has 1 heterocycles. The van der Waals surface area contributed by atoms with Crippen LogP contribution in [0.2, 0.25) is 0 Å². The van der Waals surface area contributed by atoms with E-state index in [1.165, 1.54) is 16.4 Å². The van der Waals surface area contributed by atoms with Crippen molar-refractivity contribution in [1.29, 1.82) is 5.26 Å². The third kappa shape index (κ3) is 3.82. The molecule has 3 rings (SSSR count). The van der Waals surface area contributed by atoms with Crippen molar-refractivity contribution in [3.63, 3.8) is 0 Å². The van der Waals surface area contributed by atoms with Gasteiger partial charge in [-0.2, -0.15) is 9.57 Å². The second kappa shape index (κ2) is 7.77. The second-order valence-corrected chi connectivity index (χ2v) is 7.90. The Morgan fingerprint density at radius 2 is 1.77 bits per heavy atom. The van der Waals surface area contributed by atoms with Gasteiger partial charge in [-0.05, 0) is 49.4 Å². The molecule has 1 fully saturated rings. The SMILES string of the molecule is CCOc1ccc(N2CCN(S(=O)(=O)c3cccc(C#N)c3)CC2)cc1. The molecule has 0 bridgehead atoms. The first-order chi connectivity index (χ1) is 12.5. The number of piperazine rings is 1. The van der Waals surface area contributed by atoms with Gasteiger partial charge in [-0.1, -0.05) is 6.07 Å². The standard InChI is InChI=1S/C19H21N3O3S/c1-2-25-18-8-6-17(7-9-18)21-10-12-22(13-11-21)26(23,24)19-5-3-4-16(14-19)15-20/h3-9,14H,2,10-13H2,1H3. The van der Waals surface area contributed by atoms with Crippen LogP contribution in [0.15, 0.2) is 53.4 Å². The third-order valence-electron chi connectivity index (χ3n) is 4.35. The topological polar surface area (TPSA) is 73.6 Å². The van der Waals surface area contributed by atoms with Crippen molar-refractivity contribution >= 4 is 15.7 Å². The molecule has 0 N–H and O–H groups in total. The van der Waals surface area contributed by atoms with Crippen molar-refractivity contribution < 1.29 is 13.2 Å². The number of hydrogen-bond donors (Lipinski definition) is 0. The van der Waals surface area contributed by atoms with Crippen molar-refractivity contribution in [3.05, 3.63) is 54.1 Å². The maximum atomic E-state index is 12.8. The Morgan fingerprint density at radius 3 is 2.38 bits per heavy atom. The number of nitrogens with zero attached hydrogens (tertiary/aromatic N) is 3. The summed E-state index contributed by atoms with van der Waals surface area (Å²) in [7, 11) is -3.58. The quantitative estimate of drug-likeness (QED) is 0.807. The first-order valence-corrected chi connectivity index (χ1v) is 9.96. The van der Waals surface area contributed by atoms with E-state index in [2.05, 4.69) is 4.90 Å². The minimum Gasteiger partial charge on any atom is -0.494 e. The maximum absolute atomic E-state index is 12.8. The van der Waals surface area contributed by atoms with Gasteiger partial charge in [-0.15, -0.1) is 0 Å². The molecular formula is C19H21N3O3S. The zero-order valence-electron chi connectivity index (χ0n) is 14.6. The molecule has 26 heavy (non-hydrogen) atoms. The van der Waals surface area contributed by atoms with Crippen LogP contribution >= 0.6 is 0 Å². The van der Waals surface area contributed by atoms with Crippen LogP contribution in [0.3, 0.4) is 0 Å². The lowest BCUT2D eigenvalue weighted by molar-refractivity contribution is 0.340. The fourth-order valence-electron chi connectivity index (χ4n) is 2.98. The van der Waals surface area contributed by atoms with E-state index in [4.69, 9.17) is 10.00 Å². The highest BCUT2D eigenvalue weighted by Gasteiger charge is 2.28. The smallest absolute Gasteiger partial charge is 0.243 e. The number of benzene rings is 2. The number of anilines is 1. The van der Waals surface area contributed by atoms with Crippen LogP contribution < -0.4 is 9.64 Å². The summed E-state index contributed by atoms with van der Waals surface area (Å²) in [5.74, 6) is 0.829. The van der Waals surface area contributed by atoms with E-state index in [1.54, 1.807) is 12.1 Å². The number of nitriles is 1. The van der Waals surface area contributed by atoms with Gasteiger partial charge in [-0.3, -0.25) is 0 Å². The molecule has 7 heteroatoms. The van der Waals surface area contributed by atoms with Crippen LogP contribution in [0.25, 0.3) is 0 Å². The van der Waals surface area contributed by atoms with Gasteiger partial charge in [0, 0.05) is 31.9 Å². The van der Waals surface area contributed by atoms with Crippen LogP contribution in [-0.2, 0) is 10.0 Å². The van der Waals surface area contributed by atoms with Gasteiger partial charge in [-0.25, -0.2) is 8.42 Å². The average molecular weight is 371 g/mol. The molecule has 0 atom stereocenters. The summed E-state index contributed by atoms with van der Waals surface area (Å²) in [5, 5.41) is 8.98. The molecule has 136 valence electrons. The molecule has 0 amide bonds. The number of sulfonamides is 1. The largest absolute Gasteiger partial charge is 0.494 e. The molecule has 2 aromatic rings. The van der Waals surface area contributed by atoms with Gasteiger partial charge in [0.15, 0.2) is 0 Å². The molecular weight excluding hydrogens is 350 g/mol. The van der Waals surface area contributed by atoms with Crippen molar-refractivity contribution in [2.45, 2.75) is 11.8 Å². The molecule has 0 spiro atoms. The van der Waals surface area contributed by atoms with Crippen molar-refractivity contribution in [2.75, 3.05) is 37.7 Å². The Labute approximate surface area is 154 Å². The van der Waals surface area contributed by atoms with E-state index in [-0.39, 0.29) is 4.90 Å². The zero-order valence-corrected chi connectivity index (χ0v) is 15.4. The summed E-state index contributed by atoms with van der Waals surface area (Å²) in [5.41, 5.74) is 1.40. The first-order valence-electron chi connectivity index (χ1n) is 8.52. The second-order valence-electron chi connectivity index (χ2n) is 5.96. The molecule has 2 aromatic carbocycles. The van der Waals surface area contributed by atoms with Crippen molar-refractivity contribution in [2.24, 2.45) is 0 Å². The molecule has 0 aliphatic carbocycles. The van der Waals surface area contributed by atoms with Gasteiger partial charge in [0.05, 0.1) is 23.1 Å². The molecule has 0 unspecified atom stereocenters. The maximum Gasteiger partial charge on any atom is 0.243 e. The average Bonchev–Trinajstić information content (AvgIpc) is 2.69. The number of rotatable bonds is 5. The van der Waals surface area contributed by atoms with Gasteiger partial charge in [0.2, 0.25) is 10.0 Å². The minimum atomic E-state index is -3.58. The van der Waals surface area contributed by atoms with Crippen molar-refractivity contribution in [1.82, 2.24) is 4.31 Å². The highest BCUT2D eigenvalue weighted by atomic mass is 32.2. The third-order valence-corrected chi connectivity index (χ3v) is 6.25. The highest BCUT2D eigenvalue weighted by molar-refractivity contribution is 7.89. The first kappa shape index (κ1) is 18.2. The minimum absolute atomic E-state index is 0.172.